The molecule has 3 rings (SSSR count). The zero-order chi connectivity index (χ0) is 16.2. The van der Waals surface area contributed by atoms with E-state index in [9.17, 15) is 4.39 Å². The monoisotopic (exact) mass is 381 g/mol. The number of rotatable bonds is 4. The van der Waals surface area contributed by atoms with E-state index in [-0.39, 0.29) is 11.9 Å². The smallest absolute Gasteiger partial charge is 0.229 e. The molecule has 1 aromatic carbocycles. The van der Waals surface area contributed by atoms with Gasteiger partial charge in [0.25, 0.3) is 0 Å². The highest BCUT2D eigenvalue weighted by Crippen LogP contribution is 2.30. The van der Waals surface area contributed by atoms with Crippen molar-refractivity contribution in [3.05, 3.63) is 40.4 Å². The molecule has 0 spiro atoms. The number of halogens is 2. The summed E-state index contributed by atoms with van der Waals surface area (Å²) in [5.74, 6) is 0.436. The highest BCUT2D eigenvalue weighted by atomic mass is 79.9. The Labute approximate surface area is 142 Å². The molecule has 23 heavy (non-hydrogen) atoms. The molecule has 2 aromatic rings. The van der Waals surface area contributed by atoms with Crippen molar-refractivity contribution in [2.75, 3.05) is 13.1 Å². The van der Waals surface area contributed by atoms with Crippen LogP contribution < -0.4 is 14.8 Å². The van der Waals surface area contributed by atoms with Gasteiger partial charge in [-0.15, -0.1) is 0 Å². The first-order valence-electron chi connectivity index (χ1n) is 7.45. The van der Waals surface area contributed by atoms with Crippen LogP contribution in [0.15, 0.2) is 29.0 Å². The largest absolute Gasteiger partial charge is 0.474 e. The number of nitrogens with one attached hydrogen (secondary N) is 1. The third-order valence-electron chi connectivity index (χ3n) is 3.66. The minimum atomic E-state index is -0.460. The van der Waals surface area contributed by atoms with E-state index in [1.54, 1.807) is 12.1 Å². The van der Waals surface area contributed by atoms with Crippen LogP contribution in [0.2, 0.25) is 0 Å². The second kappa shape index (κ2) is 7.23. The summed E-state index contributed by atoms with van der Waals surface area (Å²) in [4.78, 5) is 8.26. The van der Waals surface area contributed by atoms with Crippen molar-refractivity contribution in [3.63, 3.8) is 0 Å². The van der Waals surface area contributed by atoms with E-state index in [4.69, 9.17) is 9.47 Å². The number of aromatic nitrogens is 2. The van der Waals surface area contributed by atoms with Crippen molar-refractivity contribution in [3.8, 4) is 17.5 Å². The van der Waals surface area contributed by atoms with Crippen LogP contribution in [0.5, 0.6) is 17.5 Å². The first-order chi connectivity index (χ1) is 11.1. The number of piperidine rings is 1. The number of benzene rings is 1. The number of hydrogen-bond acceptors (Lipinski definition) is 5. The van der Waals surface area contributed by atoms with E-state index in [1.807, 2.05) is 6.92 Å². The molecule has 0 bridgehead atoms. The van der Waals surface area contributed by atoms with E-state index >= 15 is 0 Å². The van der Waals surface area contributed by atoms with Gasteiger partial charge in [0.2, 0.25) is 11.8 Å². The highest BCUT2D eigenvalue weighted by Gasteiger charge is 2.18. The molecular formula is C16H17BrFN3O2. The topological polar surface area (TPSA) is 56.3 Å². The molecule has 0 unspecified atom stereocenters. The summed E-state index contributed by atoms with van der Waals surface area (Å²) in [7, 11) is 0. The SMILES string of the molecule is Cc1c(Oc2ccc(Br)cc2F)ncnc1OC1CCNCC1. The lowest BCUT2D eigenvalue weighted by Gasteiger charge is -2.24. The molecule has 1 aromatic heterocycles. The lowest BCUT2D eigenvalue weighted by atomic mass is 10.1. The summed E-state index contributed by atoms with van der Waals surface area (Å²) in [5, 5.41) is 3.29. The zero-order valence-corrected chi connectivity index (χ0v) is 14.3. The van der Waals surface area contributed by atoms with Crippen molar-refractivity contribution in [2.24, 2.45) is 0 Å². The molecular weight excluding hydrogens is 365 g/mol. The maximum atomic E-state index is 13.9. The Morgan fingerprint density at radius 2 is 1.96 bits per heavy atom. The van der Waals surface area contributed by atoms with Crippen molar-refractivity contribution in [2.45, 2.75) is 25.9 Å². The van der Waals surface area contributed by atoms with Crippen LogP contribution in [-0.2, 0) is 0 Å². The second-order valence-electron chi connectivity index (χ2n) is 5.35. The van der Waals surface area contributed by atoms with Crippen LogP contribution in [0.1, 0.15) is 18.4 Å². The first kappa shape index (κ1) is 16.1. The van der Waals surface area contributed by atoms with E-state index < -0.39 is 5.82 Å². The van der Waals surface area contributed by atoms with Gasteiger partial charge in [0.15, 0.2) is 11.6 Å². The van der Waals surface area contributed by atoms with Gasteiger partial charge in [0.05, 0.1) is 5.56 Å². The maximum Gasteiger partial charge on any atom is 0.229 e. The van der Waals surface area contributed by atoms with Gasteiger partial charge in [-0.05, 0) is 51.1 Å². The molecule has 2 heterocycles. The van der Waals surface area contributed by atoms with Crippen LogP contribution in [0.4, 0.5) is 4.39 Å². The summed E-state index contributed by atoms with van der Waals surface area (Å²) in [6.07, 6.45) is 3.36. The molecule has 5 nitrogen and oxygen atoms in total. The van der Waals surface area contributed by atoms with Crippen molar-refractivity contribution in [1.29, 1.82) is 0 Å². The Hall–Kier alpha value is -1.73. The minimum Gasteiger partial charge on any atom is -0.474 e. The van der Waals surface area contributed by atoms with E-state index in [2.05, 4.69) is 31.2 Å². The first-order valence-corrected chi connectivity index (χ1v) is 8.24. The molecule has 0 atom stereocenters. The Bertz CT molecular complexity index is 693. The molecule has 1 N–H and O–H groups in total. The normalized spacial score (nSPS) is 15.4. The Morgan fingerprint density at radius 3 is 2.70 bits per heavy atom. The third-order valence-corrected chi connectivity index (χ3v) is 4.15. The molecule has 0 aliphatic carbocycles. The fraction of sp³-hybridized carbons (Fsp3) is 0.375. The van der Waals surface area contributed by atoms with Crippen molar-refractivity contribution < 1.29 is 13.9 Å². The molecule has 0 radical (unpaired) electrons. The predicted molar refractivity (Wildman–Crippen MR) is 87.5 cm³/mol. The Balaban J connectivity index is 1.78. The number of nitrogens with zero attached hydrogens (tertiary/aromatic N) is 2. The van der Waals surface area contributed by atoms with E-state index in [0.717, 1.165) is 25.9 Å². The maximum absolute atomic E-state index is 13.9. The fourth-order valence-corrected chi connectivity index (χ4v) is 2.71. The molecule has 0 amide bonds. The quantitative estimate of drug-likeness (QED) is 0.876. The molecule has 122 valence electrons. The lowest BCUT2D eigenvalue weighted by molar-refractivity contribution is 0.154. The zero-order valence-electron chi connectivity index (χ0n) is 12.7. The van der Waals surface area contributed by atoms with E-state index in [0.29, 0.717) is 21.8 Å². The molecule has 1 fully saturated rings. The van der Waals surface area contributed by atoms with E-state index in [1.165, 1.54) is 12.4 Å². The standard InChI is InChI=1S/C16H17BrFN3O2/c1-10-15(22-12-4-6-19-7-5-12)20-9-21-16(10)23-14-3-2-11(17)8-13(14)18/h2-3,8-9,12,19H,4-7H2,1H3. The van der Waals surface area contributed by atoms with Crippen LogP contribution in [-0.4, -0.2) is 29.2 Å². The Morgan fingerprint density at radius 1 is 1.22 bits per heavy atom. The van der Waals surface area contributed by atoms with Gasteiger partial charge in [-0.3, -0.25) is 0 Å². The van der Waals surface area contributed by atoms with Gasteiger partial charge in [-0.1, -0.05) is 15.9 Å². The van der Waals surface area contributed by atoms with Crippen molar-refractivity contribution in [1.82, 2.24) is 15.3 Å². The number of ether oxygens (including phenoxy) is 2. The highest BCUT2D eigenvalue weighted by molar-refractivity contribution is 9.10. The van der Waals surface area contributed by atoms with Gasteiger partial charge in [-0.2, -0.15) is 0 Å². The predicted octanol–water partition coefficient (Wildman–Crippen LogP) is 3.61. The van der Waals surface area contributed by atoms with Gasteiger partial charge in [-0.25, -0.2) is 14.4 Å². The second-order valence-corrected chi connectivity index (χ2v) is 6.27. The summed E-state index contributed by atoms with van der Waals surface area (Å²) in [6, 6.07) is 4.61. The molecule has 1 aliphatic heterocycles. The van der Waals surface area contributed by atoms with Crippen LogP contribution >= 0.6 is 15.9 Å². The average Bonchev–Trinajstić information content (AvgIpc) is 2.54. The van der Waals surface area contributed by atoms with Gasteiger partial charge >= 0.3 is 0 Å². The molecule has 0 saturated carbocycles. The third kappa shape index (κ3) is 3.97. The number of hydrogen-bond donors (Lipinski definition) is 1. The summed E-state index contributed by atoms with van der Waals surface area (Å²) >= 11 is 3.22. The van der Waals surface area contributed by atoms with Gasteiger partial charge in [0.1, 0.15) is 12.4 Å². The summed E-state index contributed by atoms with van der Waals surface area (Å²) in [5.41, 5.74) is 0.661. The fourth-order valence-electron chi connectivity index (χ4n) is 2.37. The molecule has 7 heteroatoms. The molecule has 1 aliphatic rings. The van der Waals surface area contributed by atoms with Crippen LogP contribution in [0.25, 0.3) is 0 Å². The average molecular weight is 382 g/mol. The minimum absolute atomic E-state index is 0.114. The summed E-state index contributed by atoms with van der Waals surface area (Å²) in [6.45, 7) is 3.67. The van der Waals surface area contributed by atoms with Gasteiger partial charge in [0, 0.05) is 4.47 Å². The Kier molecular flexibility index (Phi) is 5.07. The molecule has 1 saturated heterocycles. The van der Waals surface area contributed by atoms with Crippen molar-refractivity contribution >= 4 is 15.9 Å². The van der Waals surface area contributed by atoms with Gasteiger partial charge < -0.3 is 14.8 Å². The van der Waals surface area contributed by atoms with Crippen LogP contribution in [0.3, 0.4) is 0 Å². The lowest BCUT2D eigenvalue weighted by Crippen LogP contribution is -2.34. The van der Waals surface area contributed by atoms with Crippen LogP contribution in [0, 0.1) is 12.7 Å². The summed E-state index contributed by atoms with van der Waals surface area (Å²) < 4.78 is 26.1.